The first-order valence-electron chi connectivity index (χ1n) is 6.96. The zero-order chi connectivity index (χ0) is 15.7. The van der Waals surface area contributed by atoms with E-state index in [-0.39, 0.29) is 23.5 Å². The highest BCUT2D eigenvalue weighted by Gasteiger charge is 2.27. The molecule has 0 unspecified atom stereocenters. The molecule has 1 aliphatic rings. The van der Waals surface area contributed by atoms with Crippen molar-refractivity contribution in [2.75, 3.05) is 32.9 Å². The maximum atomic E-state index is 13.9. The second kappa shape index (κ2) is 6.50. The van der Waals surface area contributed by atoms with Gasteiger partial charge in [0.1, 0.15) is 10.7 Å². The van der Waals surface area contributed by atoms with Gasteiger partial charge in [0.15, 0.2) is 0 Å². The van der Waals surface area contributed by atoms with Gasteiger partial charge in [-0.05, 0) is 12.1 Å². The van der Waals surface area contributed by atoms with Crippen molar-refractivity contribution < 1.29 is 19.0 Å². The summed E-state index contributed by atoms with van der Waals surface area (Å²) in [5.74, 6) is -0.781. The number of aliphatic hydroxyl groups excluding tert-OH is 1. The Morgan fingerprint density at radius 3 is 3.09 bits per heavy atom. The molecule has 7 heteroatoms. The summed E-state index contributed by atoms with van der Waals surface area (Å²) in [5.41, 5.74) is 0. The smallest absolute Gasteiger partial charge is 0.265 e. The molecule has 1 fully saturated rings. The number of aliphatic hydroxyl groups is 1. The lowest BCUT2D eigenvalue weighted by Gasteiger charge is -2.22. The van der Waals surface area contributed by atoms with E-state index in [2.05, 4.69) is 0 Å². The van der Waals surface area contributed by atoms with Crippen molar-refractivity contribution in [2.24, 2.45) is 5.92 Å². The van der Waals surface area contributed by atoms with Gasteiger partial charge < -0.3 is 14.7 Å². The summed E-state index contributed by atoms with van der Waals surface area (Å²) in [6.45, 7) is 1.64. The van der Waals surface area contributed by atoms with Crippen LogP contribution in [0.15, 0.2) is 18.2 Å². The summed E-state index contributed by atoms with van der Waals surface area (Å²) >= 11 is 7.42. The van der Waals surface area contributed by atoms with Crippen molar-refractivity contribution in [3.8, 4) is 0 Å². The van der Waals surface area contributed by atoms with Gasteiger partial charge in [-0.2, -0.15) is 0 Å². The maximum absolute atomic E-state index is 13.9. The van der Waals surface area contributed by atoms with Gasteiger partial charge in [-0.3, -0.25) is 4.79 Å². The SMILES string of the molecule is O=C(c1sc2cccc(F)c2c1Cl)N1CCOC[C@H](CO)C1. The Kier molecular flexibility index (Phi) is 4.63. The lowest BCUT2D eigenvalue weighted by Crippen LogP contribution is -2.36. The van der Waals surface area contributed by atoms with Crippen molar-refractivity contribution >= 4 is 38.9 Å². The van der Waals surface area contributed by atoms with Crippen LogP contribution in [-0.2, 0) is 4.74 Å². The number of ether oxygens (including phenoxy) is 1. The van der Waals surface area contributed by atoms with Crippen LogP contribution in [0.4, 0.5) is 4.39 Å². The van der Waals surface area contributed by atoms with Gasteiger partial charge in [0, 0.05) is 35.7 Å². The molecular formula is C15H15ClFNO3S. The summed E-state index contributed by atoms with van der Waals surface area (Å²) in [7, 11) is 0. The number of amides is 1. The third-order valence-electron chi connectivity index (χ3n) is 3.68. The van der Waals surface area contributed by atoms with Crippen LogP contribution >= 0.6 is 22.9 Å². The Bertz CT molecular complexity index is 705. The molecule has 0 aliphatic carbocycles. The molecule has 22 heavy (non-hydrogen) atoms. The number of hydrogen-bond donors (Lipinski definition) is 1. The summed E-state index contributed by atoms with van der Waals surface area (Å²) < 4.78 is 19.9. The highest BCUT2D eigenvalue weighted by Crippen LogP contribution is 2.37. The minimum Gasteiger partial charge on any atom is -0.396 e. The lowest BCUT2D eigenvalue weighted by atomic mass is 10.1. The van der Waals surface area contributed by atoms with E-state index in [4.69, 9.17) is 16.3 Å². The van der Waals surface area contributed by atoms with Crippen LogP contribution in [0.5, 0.6) is 0 Å². The number of nitrogens with zero attached hydrogens (tertiary/aromatic N) is 1. The first-order valence-corrected chi connectivity index (χ1v) is 8.15. The second-order valence-corrected chi connectivity index (χ2v) is 6.66. The molecule has 1 aromatic heterocycles. The van der Waals surface area contributed by atoms with E-state index < -0.39 is 5.82 Å². The van der Waals surface area contributed by atoms with E-state index in [1.165, 1.54) is 17.4 Å². The van der Waals surface area contributed by atoms with Crippen LogP contribution < -0.4 is 0 Å². The summed E-state index contributed by atoms with van der Waals surface area (Å²) in [6, 6.07) is 4.67. The second-order valence-electron chi connectivity index (χ2n) is 5.23. The van der Waals surface area contributed by atoms with Gasteiger partial charge in [-0.25, -0.2) is 4.39 Å². The number of benzene rings is 1. The largest absolute Gasteiger partial charge is 0.396 e. The van der Waals surface area contributed by atoms with Crippen LogP contribution in [0, 0.1) is 11.7 Å². The monoisotopic (exact) mass is 343 g/mol. The van der Waals surface area contributed by atoms with Gasteiger partial charge >= 0.3 is 0 Å². The van der Waals surface area contributed by atoms with Crippen LogP contribution in [0.25, 0.3) is 10.1 Å². The lowest BCUT2D eigenvalue weighted by molar-refractivity contribution is 0.0733. The van der Waals surface area contributed by atoms with Gasteiger partial charge in [-0.15, -0.1) is 11.3 Å². The number of rotatable bonds is 2. The highest BCUT2D eigenvalue weighted by atomic mass is 35.5. The topological polar surface area (TPSA) is 49.8 Å². The fourth-order valence-electron chi connectivity index (χ4n) is 2.53. The first kappa shape index (κ1) is 15.7. The minimum atomic E-state index is -0.426. The Balaban J connectivity index is 1.94. The van der Waals surface area contributed by atoms with Crippen LogP contribution in [0.2, 0.25) is 5.02 Å². The van der Waals surface area contributed by atoms with Crippen LogP contribution in [0.3, 0.4) is 0 Å². The molecule has 0 saturated carbocycles. The zero-order valence-corrected chi connectivity index (χ0v) is 13.3. The van der Waals surface area contributed by atoms with E-state index in [0.29, 0.717) is 41.3 Å². The molecule has 2 aromatic rings. The molecule has 1 saturated heterocycles. The van der Waals surface area contributed by atoms with Crippen molar-refractivity contribution in [1.29, 1.82) is 0 Å². The van der Waals surface area contributed by atoms with Crippen molar-refractivity contribution in [3.05, 3.63) is 33.9 Å². The Labute approximate surface area is 136 Å². The third kappa shape index (κ3) is 2.84. The van der Waals surface area contributed by atoms with Gasteiger partial charge in [0.05, 0.1) is 18.2 Å². The third-order valence-corrected chi connectivity index (χ3v) is 5.32. The number of carbonyl (C=O) groups excluding carboxylic acids is 1. The Hall–Kier alpha value is -1.21. The fourth-order valence-corrected chi connectivity index (χ4v) is 4.05. The van der Waals surface area contributed by atoms with E-state index in [1.54, 1.807) is 17.0 Å². The van der Waals surface area contributed by atoms with Gasteiger partial charge in [0.2, 0.25) is 0 Å². The molecule has 3 rings (SSSR count). The summed E-state index contributed by atoms with van der Waals surface area (Å²) in [6.07, 6.45) is 0. The summed E-state index contributed by atoms with van der Waals surface area (Å²) in [4.78, 5) is 14.7. The highest BCUT2D eigenvalue weighted by molar-refractivity contribution is 7.21. The molecule has 0 bridgehead atoms. The predicted octanol–water partition coefficient (Wildman–Crippen LogP) is 2.77. The van der Waals surface area contributed by atoms with Crippen LogP contribution in [0.1, 0.15) is 9.67 Å². The molecular weight excluding hydrogens is 329 g/mol. The number of thiophene rings is 1. The van der Waals surface area contributed by atoms with Crippen molar-refractivity contribution in [3.63, 3.8) is 0 Å². The quantitative estimate of drug-likeness (QED) is 0.912. The number of carbonyl (C=O) groups is 1. The fraction of sp³-hybridized carbons (Fsp3) is 0.400. The van der Waals surface area contributed by atoms with Crippen molar-refractivity contribution in [1.82, 2.24) is 4.90 Å². The molecule has 1 N–H and O–H groups in total. The normalized spacial score (nSPS) is 19.4. The predicted molar refractivity (Wildman–Crippen MR) is 84.1 cm³/mol. The number of halogens is 2. The first-order chi connectivity index (χ1) is 10.6. The van der Waals surface area contributed by atoms with E-state index >= 15 is 0 Å². The number of hydrogen-bond acceptors (Lipinski definition) is 4. The van der Waals surface area contributed by atoms with E-state index in [9.17, 15) is 14.3 Å². The molecule has 118 valence electrons. The molecule has 1 aromatic carbocycles. The molecule has 1 atom stereocenters. The maximum Gasteiger partial charge on any atom is 0.265 e. The number of fused-ring (bicyclic) bond motifs is 1. The molecule has 0 radical (unpaired) electrons. The standard InChI is InChI=1S/C15H15ClFNO3S/c16-13-12-10(17)2-1-3-11(12)22-14(13)15(20)18-4-5-21-8-9(6-18)7-19/h1-3,9,19H,4-8H2/t9-/m0/s1. The Morgan fingerprint density at radius 1 is 1.55 bits per heavy atom. The molecule has 4 nitrogen and oxygen atoms in total. The molecule has 0 spiro atoms. The molecule has 2 heterocycles. The molecule has 1 aliphatic heterocycles. The van der Waals surface area contributed by atoms with Gasteiger partial charge in [-0.1, -0.05) is 17.7 Å². The van der Waals surface area contributed by atoms with Crippen LogP contribution in [-0.4, -0.2) is 48.8 Å². The molecule has 1 amide bonds. The van der Waals surface area contributed by atoms with Crippen molar-refractivity contribution in [2.45, 2.75) is 0 Å². The van der Waals surface area contributed by atoms with E-state index in [1.807, 2.05) is 0 Å². The average molecular weight is 344 g/mol. The van der Waals surface area contributed by atoms with E-state index in [0.717, 1.165) is 0 Å². The summed E-state index contributed by atoms with van der Waals surface area (Å²) in [5, 5.41) is 9.76. The Morgan fingerprint density at radius 2 is 2.36 bits per heavy atom. The zero-order valence-electron chi connectivity index (χ0n) is 11.7. The minimum absolute atomic E-state index is 0.0431. The average Bonchev–Trinajstić information content (AvgIpc) is 2.72. The van der Waals surface area contributed by atoms with Gasteiger partial charge in [0.25, 0.3) is 5.91 Å².